The van der Waals surface area contributed by atoms with Gasteiger partial charge in [0.2, 0.25) is 5.91 Å². The molecule has 0 aliphatic rings. The molecule has 96 valence electrons. The van der Waals surface area contributed by atoms with Crippen molar-refractivity contribution in [2.75, 3.05) is 19.4 Å². The molecule has 0 saturated heterocycles. The van der Waals surface area contributed by atoms with Crippen LogP contribution in [0, 0.1) is 0 Å². The highest BCUT2D eigenvalue weighted by Gasteiger charge is 2.04. The molecular weight excluding hydrogens is 228 g/mol. The summed E-state index contributed by atoms with van der Waals surface area (Å²) in [5.74, 6) is -0.153. The zero-order valence-corrected chi connectivity index (χ0v) is 10.9. The van der Waals surface area contributed by atoms with Gasteiger partial charge in [0.25, 0.3) is 0 Å². The molecule has 18 heavy (non-hydrogen) atoms. The van der Waals surface area contributed by atoms with Crippen LogP contribution in [-0.4, -0.2) is 30.7 Å². The molecule has 1 amide bonds. The number of amides is 1. The zero-order valence-electron chi connectivity index (χ0n) is 10.9. The van der Waals surface area contributed by atoms with E-state index in [1.165, 1.54) is 6.08 Å². The second-order valence-corrected chi connectivity index (χ2v) is 4.13. The summed E-state index contributed by atoms with van der Waals surface area (Å²) in [6, 6.07) is 6.92. The predicted molar refractivity (Wildman–Crippen MR) is 72.5 cm³/mol. The number of ketones is 1. The highest BCUT2D eigenvalue weighted by Crippen LogP contribution is 2.12. The highest BCUT2D eigenvalue weighted by atomic mass is 16.1. The van der Waals surface area contributed by atoms with Gasteiger partial charge >= 0.3 is 0 Å². The molecule has 1 rings (SSSR count). The molecule has 1 aromatic carbocycles. The van der Waals surface area contributed by atoms with Gasteiger partial charge in [-0.25, -0.2) is 0 Å². The van der Waals surface area contributed by atoms with Crippen molar-refractivity contribution in [1.29, 1.82) is 0 Å². The normalized spacial score (nSPS) is 10.4. The third-order valence-electron chi connectivity index (χ3n) is 2.28. The van der Waals surface area contributed by atoms with Crippen molar-refractivity contribution in [3.63, 3.8) is 0 Å². The highest BCUT2D eigenvalue weighted by molar-refractivity contribution is 6.05. The van der Waals surface area contributed by atoms with Crippen molar-refractivity contribution in [2.45, 2.75) is 13.3 Å². The smallest absolute Gasteiger partial charge is 0.224 e. The molecule has 0 atom stereocenters. The Morgan fingerprint density at radius 2 is 2.06 bits per heavy atom. The number of nitrogens with one attached hydrogen (secondary N) is 1. The number of carbonyl (C=O) groups is 2. The molecule has 0 spiro atoms. The quantitative estimate of drug-likeness (QED) is 0.640. The monoisotopic (exact) mass is 246 g/mol. The number of allylic oxidation sites excluding steroid dienone is 1. The lowest BCUT2D eigenvalue weighted by atomic mass is 10.1. The van der Waals surface area contributed by atoms with Crippen LogP contribution in [0.3, 0.4) is 0 Å². The van der Waals surface area contributed by atoms with E-state index in [1.54, 1.807) is 42.3 Å². The molecule has 0 aliphatic carbocycles. The Hall–Kier alpha value is -2.10. The standard InChI is InChI=1S/C14H18N2O2/c1-4-14(18)15-12-7-5-6-11(10-12)13(17)8-9-16(2)3/h5-10H,4H2,1-3H3,(H,15,18)/b9-8+. The number of hydrogen-bond acceptors (Lipinski definition) is 3. The van der Waals surface area contributed by atoms with E-state index in [0.717, 1.165) is 0 Å². The van der Waals surface area contributed by atoms with Crippen LogP contribution in [0.2, 0.25) is 0 Å². The second kappa shape index (κ2) is 6.59. The molecule has 0 aliphatic heterocycles. The van der Waals surface area contributed by atoms with E-state index >= 15 is 0 Å². The largest absolute Gasteiger partial charge is 0.383 e. The van der Waals surface area contributed by atoms with Gasteiger partial charge in [-0.15, -0.1) is 0 Å². The van der Waals surface area contributed by atoms with Crippen molar-refractivity contribution >= 4 is 17.4 Å². The molecule has 1 N–H and O–H groups in total. The third kappa shape index (κ3) is 4.41. The summed E-state index contributed by atoms with van der Waals surface area (Å²) in [4.78, 5) is 24.9. The number of nitrogens with zero attached hydrogens (tertiary/aromatic N) is 1. The fourth-order valence-corrected chi connectivity index (χ4v) is 1.31. The summed E-state index contributed by atoms with van der Waals surface area (Å²) < 4.78 is 0. The van der Waals surface area contributed by atoms with E-state index in [1.807, 2.05) is 14.1 Å². The Morgan fingerprint density at radius 1 is 1.33 bits per heavy atom. The first-order valence-corrected chi connectivity index (χ1v) is 5.81. The number of hydrogen-bond donors (Lipinski definition) is 1. The van der Waals surface area contributed by atoms with Crippen molar-refractivity contribution in [3.8, 4) is 0 Å². The Labute approximate surface area is 107 Å². The van der Waals surface area contributed by atoms with Crippen LogP contribution in [0.5, 0.6) is 0 Å². The number of rotatable bonds is 5. The minimum absolute atomic E-state index is 0.0663. The van der Waals surface area contributed by atoms with E-state index < -0.39 is 0 Å². The number of carbonyl (C=O) groups excluding carboxylic acids is 2. The van der Waals surface area contributed by atoms with E-state index in [4.69, 9.17) is 0 Å². The van der Waals surface area contributed by atoms with Crippen LogP contribution < -0.4 is 5.32 Å². The Morgan fingerprint density at radius 3 is 2.67 bits per heavy atom. The van der Waals surface area contributed by atoms with Gasteiger partial charge in [-0.2, -0.15) is 0 Å². The summed E-state index contributed by atoms with van der Waals surface area (Å²) in [7, 11) is 3.70. The number of benzene rings is 1. The van der Waals surface area contributed by atoms with Crippen LogP contribution in [0.25, 0.3) is 0 Å². The molecule has 1 aromatic rings. The van der Waals surface area contributed by atoms with Crippen molar-refractivity contribution in [3.05, 3.63) is 42.1 Å². The first-order chi connectivity index (χ1) is 8.52. The number of anilines is 1. The van der Waals surface area contributed by atoms with E-state index in [-0.39, 0.29) is 11.7 Å². The zero-order chi connectivity index (χ0) is 13.5. The summed E-state index contributed by atoms with van der Waals surface area (Å²) in [6.07, 6.45) is 3.61. The summed E-state index contributed by atoms with van der Waals surface area (Å²) >= 11 is 0. The van der Waals surface area contributed by atoms with E-state index in [2.05, 4.69) is 5.32 Å². The minimum Gasteiger partial charge on any atom is -0.383 e. The maximum Gasteiger partial charge on any atom is 0.224 e. The van der Waals surface area contributed by atoms with Gasteiger partial charge in [0.15, 0.2) is 5.78 Å². The summed E-state index contributed by atoms with van der Waals surface area (Å²) in [6.45, 7) is 1.78. The molecule has 4 nitrogen and oxygen atoms in total. The average molecular weight is 246 g/mol. The molecule has 0 fully saturated rings. The SMILES string of the molecule is CCC(=O)Nc1cccc(C(=O)/C=C/N(C)C)c1. The lowest BCUT2D eigenvalue weighted by molar-refractivity contribution is -0.115. The van der Waals surface area contributed by atoms with Crippen molar-refractivity contribution < 1.29 is 9.59 Å². The molecule has 0 unspecified atom stereocenters. The van der Waals surface area contributed by atoms with Crippen LogP contribution in [0.1, 0.15) is 23.7 Å². The van der Waals surface area contributed by atoms with Gasteiger partial charge in [0.05, 0.1) is 0 Å². The van der Waals surface area contributed by atoms with Crippen LogP contribution >= 0.6 is 0 Å². The fraction of sp³-hybridized carbons (Fsp3) is 0.286. The maximum absolute atomic E-state index is 11.8. The average Bonchev–Trinajstić information content (AvgIpc) is 2.36. The molecular formula is C14H18N2O2. The fourth-order valence-electron chi connectivity index (χ4n) is 1.31. The first kappa shape index (κ1) is 14.0. The Kier molecular flexibility index (Phi) is 5.11. The third-order valence-corrected chi connectivity index (χ3v) is 2.28. The van der Waals surface area contributed by atoms with Gasteiger partial charge in [0.1, 0.15) is 0 Å². The van der Waals surface area contributed by atoms with Crippen molar-refractivity contribution in [1.82, 2.24) is 4.90 Å². The predicted octanol–water partition coefficient (Wildman–Crippen LogP) is 2.29. The molecule has 0 radical (unpaired) electrons. The molecule has 0 aromatic heterocycles. The topological polar surface area (TPSA) is 49.4 Å². The second-order valence-electron chi connectivity index (χ2n) is 4.13. The molecule has 4 heteroatoms. The molecule has 0 bridgehead atoms. The van der Waals surface area contributed by atoms with E-state index in [0.29, 0.717) is 17.7 Å². The Balaban J connectivity index is 2.81. The van der Waals surface area contributed by atoms with Crippen LogP contribution in [0.15, 0.2) is 36.5 Å². The Bertz CT molecular complexity index is 465. The van der Waals surface area contributed by atoms with E-state index in [9.17, 15) is 9.59 Å². The summed E-state index contributed by atoms with van der Waals surface area (Å²) in [5, 5.41) is 2.73. The minimum atomic E-state index is -0.0868. The van der Waals surface area contributed by atoms with Crippen LogP contribution in [-0.2, 0) is 4.79 Å². The molecule has 0 saturated carbocycles. The van der Waals surface area contributed by atoms with Gasteiger partial charge in [-0.1, -0.05) is 19.1 Å². The molecule has 0 heterocycles. The van der Waals surface area contributed by atoms with Crippen LogP contribution in [0.4, 0.5) is 5.69 Å². The summed E-state index contributed by atoms with van der Waals surface area (Å²) in [5.41, 5.74) is 1.20. The van der Waals surface area contributed by atoms with Gasteiger partial charge in [-0.3, -0.25) is 9.59 Å². The van der Waals surface area contributed by atoms with Gasteiger partial charge in [0, 0.05) is 44.0 Å². The van der Waals surface area contributed by atoms with Gasteiger partial charge in [-0.05, 0) is 12.1 Å². The lowest BCUT2D eigenvalue weighted by Crippen LogP contribution is -2.10. The lowest BCUT2D eigenvalue weighted by Gasteiger charge is -2.05. The van der Waals surface area contributed by atoms with Crippen molar-refractivity contribution in [2.24, 2.45) is 0 Å². The maximum atomic E-state index is 11.8. The first-order valence-electron chi connectivity index (χ1n) is 5.81. The van der Waals surface area contributed by atoms with Gasteiger partial charge < -0.3 is 10.2 Å².